The molecule has 0 aromatic carbocycles. The topological polar surface area (TPSA) is 73.4 Å². The van der Waals surface area contributed by atoms with E-state index in [0.717, 1.165) is 5.69 Å². The summed E-state index contributed by atoms with van der Waals surface area (Å²) >= 11 is 0. The van der Waals surface area contributed by atoms with Gasteiger partial charge in [-0.25, -0.2) is 0 Å². The molecule has 1 aromatic heterocycles. The third-order valence-corrected chi connectivity index (χ3v) is 2.75. The average Bonchev–Trinajstić information content (AvgIpc) is 2.23. The summed E-state index contributed by atoms with van der Waals surface area (Å²) in [5.74, 6) is 0.133. The maximum Gasteiger partial charge on any atom is 0.253 e. The molecule has 5 heteroatoms. The molecule has 1 aromatic rings. The summed E-state index contributed by atoms with van der Waals surface area (Å²) in [4.78, 5) is 28.1. The zero-order chi connectivity index (χ0) is 15.5. The average molecular weight is 280 g/mol. The minimum absolute atomic E-state index is 0.206. The van der Waals surface area contributed by atoms with Crippen molar-refractivity contribution in [2.45, 2.75) is 39.7 Å². The van der Waals surface area contributed by atoms with Gasteiger partial charge in [0.1, 0.15) is 0 Å². The van der Waals surface area contributed by atoms with Crippen LogP contribution >= 0.6 is 0 Å². The zero-order valence-corrected chi connectivity index (χ0v) is 12.9. The molecule has 20 heavy (non-hydrogen) atoms. The molecule has 0 atom stereocenters. The lowest BCUT2D eigenvalue weighted by Gasteiger charge is -2.25. The lowest BCUT2D eigenvalue weighted by molar-refractivity contribution is 0.0367. The van der Waals surface area contributed by atoms with Crippen LogP contribution in [0.5, 0.6) is 0 Å². The van der Waals surface area contributed by atoms with Crippen LogP contribution in [0.3, 0.4) is 0 Å². The number of carbonyl (C=O) groups is 1. The minimum atomic E-state index is -0.966. The van der Waals surface area contributed by atoms with Gasteiger partial charge in [-0.3, -0.25) is 9.59 Å². The summed E-state index contributed by atoms with van der Waals surface area (Å²) in [6, 6.07) is 3.01. The van der Waals surface area contributed by atoms with Crippen molar-refractivity contribution in [3.63, 3.8) is 0 Å². The van der Waals surface area contributed by atoms with Crippen LogP contribution in [0.15, 0.2) is 16.9 Å². The van der Waals surface area contributed by atoms with Crippen LogP contribution < -0.4 is 5.56 Å². The maximum atomic E-state index is 12.3. The molecule has 5 nitrogen and oxygen atoms in total. The summed E-state index contributed by atoms with van der Waals surface area (Å²) in [6.07, 6.45) is 0.714. The van der Waals surface area contributed by atoms with E-state index in [0.29, 0.717) is 17.9 Å². The fraction of sp³-hybridized carbons (Fsp3) is 0.600. The lowest BCUT2D eigenvalue weighted by atomic mass is 10.1. The normalized spacial score (nSPS) is 11.8. The van der Waals surface area contributed by atoms with Gasteiger partial charge in [0.15, 0.2) is 0 Å². The Morgan fingerprint density at radius 3 is 2.50 bits per heavy atom. The fourth-order valence-electron chi connectivity index (χ4n) is 2.15. The van der Waals surface area contributed by atoms with Crippen molar-refractivity contribution in [1.82, 2.24) is 9.88 Å². The molecule has 0 radical (unpaired) electrons. The van der Waals surface area contributed by atoms with Crippen LogP contribution in [0.4, 0.5) is 0 Å². The van der Waals surface area contributed by atoms with Gasteiger partial charge in [0.25, 0.3) is 5.91 Å². The van der Waals surface area contributed by atoms with Crippen LogP contribution in [0.1, 0.15) is 43.7 Å². The number of amides is 1. The van der Waals surface area contributed by atoms with Crippen molar-refractivity contribution in [3.05, 3.63) is 33.7 Å². The smallest absolute Gasteiger partial charge is 0.253 e. The molecular weight excluding hydrogens is 256 g/mol. The van der Waals surface area contributed by atoms with E-state index in [2.05, 4.69) is 4.98 Å². The van der Waals surface area contributed by atoms with E-state index < -0.39 is 5.60 Å². The highest BCUT2D eigenvalue weighted by molar-refractivity contribution is 5.94. The van der Waals surface area contributed by atoms with Gasteiger partial charge in [-0.2, -0.15) is 0 Å². The molecule has 1 heterocycles. The summed E-state index contributed by atoms with van der Waals surface area (Å²) in [5, 5.41) is 9.75. The maximum absolute atomic E-state index is 12.3. The number of H-pyrrole nitrogens is 1. The van der Waals surface area contributed by atoms with Gasteiger partial charge in [-0.05, 0) is 32.3 Å². The predicted octanol–water partition coefficient (Wildman–Crippen LogP) is 1.42. The second-order valence-corrected chi connectivity index (χ2v) is 6.33. The van der Waals surface area contributed by atoms with Crippen molar-refractivity contribution in [2.24, 2.45) is 5.92 Å². The molecule has 1 amide bonds. The number of pyridine rings is 1. The molecule has 0 fully saturated rings. The molecule has 0 spiro atoms. The Morgan fingerprint density at radius 2 is 2.00 bits per heavy atom. The van der Waals surface area contributed by atoms with E-state index >= 15 is 0 Å². The molecule has 0 saturated carbocycles. The van der Waals surface area contributed by atoms with Crippen molar-refractivity contribution >= 4 is 5.91 Å². The number of hydrogen-bond donors (Lipinski definition) is 2. The number of nitrogens with one attached hydrogen (secondary N) is 1. The second-order valence-electron chi connectivity index (χ2n) is 6.33. The molecule has 0 aliphatic heterocycles. The van der Waals surface area contributed by atoms with E-state index in [-0.39, 0.29) is 18.0 Å². The first kappa shape index (κ1) is 16.4. The van der Waals surface area contributed by atoms with Crippen LogP contribution in [0, 0.1) is 5.92 Å². The molecule has 112 valence electrons. The number of carbonyl (C=O) groups excluding carboxylic acids is 1. The van der Waals surface area contributed by atoms with E-state index in [1.165, 1.54) is 11.0 Å². The second kappa shape index (κ2) is 6.22. The highest BCUT2D eigenvalue weighted by Crippen LogP contribution is 2.10. The molecule has 0 bridgehead atoms. The SMILES string of the molecule is CC(C)Cc1cc(C(=O)N(C)CC(C)(C)O)cc(=O)[nH]1. The Labute approximate surface area is 119 Å². The third kappa shape index (κ3) is 5.17. The number of rotatable bonds is 5. The van der Waals surface area contributed by atoms with Crippen molar-refractivity contribution < 1.29 is 9.90 Å². The first-order valence-corrected chi connectivity index (χ1v) is 6.79. The molecule has 2 N–H and O–H groups in total. The first-order valence-electron chi connectivity index (χ1n) is 6.79. The monoisotopic (exact) mass is 280 g/mol. The van der Waals surface area contributed by atoms with Crippen molar-refractivity contribution in [2.75, 3.05) is 13.6 Å². The Bertz CT molecular complexity index is 527. The van der Waals surface area contributed by atoms with Crippen molar-refractivity contribution in [1.29, 1.82) is 0 Å². The number of aromatic amines is 1. The van der Waals surface area contributed by atoms with E-state index in [4.69, 9.17) is 0 Å². The van der Waals surface area contributed by atoms with Gasteiger partial charge >= 0.3 is 0 Å². The van der Waals surface area contributed by atoms with Gasteiger partial charge < -0.3 is 15.0 Å². The summed E-state index contributed by atoms with van der Waals surface area (Å²) in [7, 11) is 1.61. The number of nitrogens with zero attached hydrogens (tertiary/aromatic N) is 1. The quantitative estimate of drug-likeness (QED) is 0.856. The molecule has 0 unspecified atom stereocenters. The predicted molar refractivity (Wildman–Crippen MR) is 78.9 cm³/mol. The van der Waals surface area contributed by atoms with Crippen LogP contribution in [0.2, 0.25) is 0 Å². The summed E-state index contributed by atoms with van der Waals surface area (Å²) < 4.78 is 0. The number of hydrogen-bond acceptors (Lipinski definition) is 3. The van der Waals surface area contributed by atoms with Crippen LogP contribution in [-0.2, 0) is 6.42 Å². The number of aliphatic hydroxyl groups is 1. The summed E-state index contributed by atoms with van der Waals surface area (Å²) in [6.45, 7) is 7.58. The molecular formula is C15H24N2O3. The third-order valence-electron chi connectivity index (χ3n) is 2.75. The highest BCUT2D eigenvalue weighted by Gasteiger charge is 2.21. The Hall–Kier alpha value is -1.62. The van der Waals surface area contributed by atoms with Crippen LogP contribution in [-0.4, -0.2) is 40.1 Å². The molecule has 0 aliphatic rings. The Balaban J connectivity index is 2.98. The van der Waals surface area contributed by atoms with Crippen molar-refractivity contribution in [3.8, 4) is 0 Å². The standard InChI is InChI=1S/C15H24N2O3/c1-10(2)6-12-7-11(8-13(18)16-12)14(19)17(5)9-15(3,4)20/h7-8,10,20H,6,9H2,1-5H3,(H,16,18). The largest absolute Gasteiger partial charge is 0.389 e. The highest BCUT2D eigenvalue weighted by atomic mass is 16.3. The Kier molecular flexibility index (Phi) is 5.11. The zero-order valence-electron chi connectivity index (χ0n) is 12.9. The van der Waals surface area contributed by atoms with E-state index in [1.807, 2.05) is 13.8 Å². The number of aromatic nitrogens is 1. The van der Waals surface area contributed by atoms with Gasteiger partial charge in [0.2, 0.25) is 5.56 Å². The molecule has 1 rings (SSSR count). The summed E-state index contributed by atoms with van der Waals surface area (Å²) in [5.41, 5.74) is -0.126. The molecule has 0 aliphatic carbocycles. The minimum Gasteiger partial charge on any atom is -0.389 e. The Morgan fingerprint density at radius 1 is 1.40 bits per heavy atom. The lowest BCUT2D eigenvalue weighted by Crippen LogP contribution is -2.40. The van der Waals surface area contributed by atoms with Gasteiger partial charge in [0, 0.05) is 30.9 Å². The van der Waals surface area contributed by atoms with E-state index in [1.54, 1.807) is 27.0 Å². The van der Waals surface area contributed by atoms with Gasteiger partial charge in [0.05, 0.1) is 5.60 Å². The number of likely N-dealkylation sites (N-methyl/N-ethyl adjacent to an activating group) is 1. The van der Waals surface area contributed by atoms with Gasteiger partial charge in [-0.1, -0.05) is 13.8 Å². The van der Waals surface area contributed by atoms with Crippen LogP contribution in [0.25, 0.3) is 0 Å². The van der Waals surface area contributed by atoms with E-state index in [9.17, 15) is 14.7 Å². The molecule has 0 saturated heterocycles. The fourth-order valence-corrected chi connectivity index (χ4v) is 2.15. The first-order chi connectivity index (χ1) is 9.08. The van der Waals surface area contributed by atoms with Gasteiger partial charge in [-0.15, -0.1) is 0 Å².